The molecule has 0 radical (unpaired) electrons. The maximum absolute atomic E-state index is 11.9. The predicted octanol–water partition coefficient (Wildman–Crippen LogP) is 3.28. The topological polar surface area (TPSA) is 75.6 Å². The number of nitrogens with one attached hydrogen (secondary N) is 1. The molecule has 0 saturated carbocycles. The average molecular weight is 287 g/mol. The van der Waals surface area contributed by atoms with Crippen molar-refractivity contribution in [3.63, 3.8) is 0 Å². The summed E-state index contributed by atoms with van der Waals surface area (Å²) in [5, 5.41) is 11.8. The van der Waals surface area contributed by atoms with Gasteiger partial charge in [-0.05, 0) is 38.5 Å². The van der Waals surface area contributed by atoms with Gasteiger partial charge >= 0.3 is 12.1 Å². The van der Waals surface area contributed by atoms with Crippen LogP contribution in [-0.4, -0.2) is 28.8 Å². The molecular formula is C15H29NO4. The Bertz CT molecular complexity index is 323. The summed E-state index contributed by atoms with van der Waals surface area (Å²) in [5.74, 6) is -0.292. The zero-order chi connectivity index (χ0) is 16.1. The molecule has 0 rings (SSSR count). The number of ether oxygens (including phenoxy) is 1. The Hall–Kier alpha value is -1.26. The molecule has 0 aromatic carbocycles. The minimum Gasteiger partial charge on any atom is -0.481 e. The first-order chi connectivity index (χ1) is 8.94. The van der Waals surface area contributed by atoms with Crippen molar-refractivity contribution in [2.75, 3.05) is 0 Å². The fourth-order valence-corrected chi connectivity index (χ4v) is 2.63. The predicted molar refractivity (Wildman–Crippen MR) is 78.6 cm³/mol. The fraction of sp³-hybridized carbons (Fsp3) is 0.867. The standard InChI is InChI=1S/C15H29NO4/c1-9(2)13(10(3)4)11(8-12(17)18)16-14(19)20-15(5,6)7/h9-11,13H,8H2,1-7H3,(H,16,19)(H,17,18)/t11-/m0/s1. The first-order valence-corrected chi connectivity index (χ1v) is 7.15. The Morgan fingerprint density at radius 3 is 1.85 bits per heavy atom. The minimum absolute atomic E-state index is 0.0821. The van der Waals surface area contributed by atoms with Crippen molar-refractivity contribution in [2.24, 2.45) is 17.8 Å². The number of hydrogen-bond donors (Lipinski definition) is 2. The number of carboxylic acid groups (broad SMARTS) is 1. The van der Waals surface area contributed by atoms with Crippen LogP contribution >= 0.6 is 0 Å². The van der Waals surface area contributed by atoms with Crippen LogP contribution in [0.1, 0.15) is 54.9 Å². The van der Waals surface area contributed by atoms with Crippen LogP contribution in [0.2, 0.25) is 0 Å². The van der Waals surface area contributed by atoms with E-state index >= 15 is 0 Å². The minimum atomic E-state index is -0.919. The molecule has 0 aromatic heterocycles. The molecule has 0 heterocycles. The Morgan fingerprint density at radius 1 is 1.10 bits per heavy atom. The molecule has 118 valence electrons. The summed E-state index contributed by atoms with van der Waals surface area (Å²) in [6.07, 6.45) is -0.657. The zero-order valence-corrected chi connectivity index (χ0v) is 13.7. The molecule has 0 spiro atoms. The Labute approximate surface area is 122 Å². The highest BCUT2D eigenvalue weighted by Crippen LogP contribution is 2.26. The van der Waals surface area contributed by atoms with Crippen molar-refractivity contribution in [3.05, 3.63) is 0 Å². The van der Waals surface area contributed by atoms with Gasteiger partial charge in [0.1, 0.15) is 5.60 Å². The molecule has 0 aromatic rings. The highest BCUT2D eigenvalue weighted by Gasteiger charge is 2.31. The van der Waals surface area contributed by atoms with Gasteiger partial charge in [0.15, 0.2) is 0 Å². The number of carbonyl (C=O) groups is 2. The summed E-state index contributed by atoms with van der Waals surface area (Å²) in [4.78, 5) is 22.9. The van der Waals surface area contributed by atoms with Crippen LogP contribution in [0.4, 0.5) is 4.79 Å². The third-order valence-corrected chi connectivity index (χ3v) is 3.10. The van der Waals surface area contributed by atoms with E-state index < -0.39 is 23.7 Å². The zero-order valence-electron chi connectivity index (χ0n) is 13.7. The molecule has 0 saturated heterocycles. The first kappa shape index (κ1) is 18.7. The summed E-state index contributed by atoms with van der Waals surface area (Å²) in [6, 6.07) is -0.428. The summed E-state index contributed by atoms with van der Waals surface area (Å²) >= 11 is 0. The van der Waals surface area contributed by atoms with E-state index in [0.717, 1.165) is 0 Å². The van der Waals surface area contributed by atoms with Gasteiger partial charge in [-0.25, -0.2) is 4.79 Å². The van der Waals surface area contributed by atoms with Gasteiger partial charge < -0.3 is 15.2 Å². The van der Waals surface area contributed by atoms with Crippen molar-refractivity contribution < 1.29 is 19.4 Å². The number of aliphatic carboxylic acids is 1. The van der Waals surface area contributed by atoms with E-state index in [1.54, 1.807) is 20.8 Å². The van der Waals surface area contributed by atoms with E-state index in [9.17, 15) is 9.59 Å². The summed E-state index contributed by atoms with van der Waals surface area (Å²) < 4.78 is 5.22. The number of amides is 1. The molecule has 0 aliphatic rings. The van der Waals surface area contributed by atoms with Crippen LogP contribution < -0.4 is 5.32 Å². The molecule has 0 unspecified atom stereocenters. The molecule has 1 amide bonds. The molecule has 0 fully saturated rings. The van der Waals surface area contributed by atoms with Crippen molar-refractivity contribution >= 4 is 12.1 Å². The van der Waals surface area contributed by atoms with Crippen LogP contribution in [0, 0.1) is 17.8 Å². The van der Waals surface area contributed by atoms with Crippen LogP contribution in [0.15, 0.2) is 0 Å². The van der Waals surface area contributed by atoms with Gasteiger partial charge in [-0.1, -0.05) is 27.7 Å². The fourth-order valence-electron chi connectivity index (χ4n) is 2.63. The van der Waals surface area contributed by atoms with Crippen molar-refractivity contribution in [2.45, 2.75) is 66.5 Å². The molecule has 0 aliphatic heterocycles. The third kappa shape index (κ3) is 7.36. The van der Waals surface area contributed by atoms with Gasteiger partial charge in [-0.15, -0.1) is 0 Å². The lowest BCUT2D eigenvalue weighted by atomic mass is 9.78. The monoisotopic (exact) mass is 287 g/mol. The lowest BCUT2D eigenvalue weighted by Gasteiger charge is -2.33. The SMILES string of the molecule is CC(C)C(C(C)C)[C@H](CC(=O)O)NC(=O)OC(C)(C)C. The maximum Gasteiger partial charge on any atom is 0.407 e. The van der Waals surface area contributed by atoms with Crippen molar-refractivity contribution in [1.82, 2.24) is 5.32 Å². The number of hydrogen-bond acceptors (Lipinski definition) is 3. The second-order valence-corrected chi connectivity index (χ2v) is 6.92. The Kier molecular flexibility index (Phi) is 7.03. The van der Waals surface area contributed by atoms with Gasteiger partial charge in [-0.2, -0.15) is 0 Å². The van der Waals surface area contributed by atoms with Gasteiger partial charge in [0.25, 0.3) is 0 Å². The molecule has 5 heteroatoms. The normalized spacial score (nSPS) is 13.7. The smallest absolute Gasteiger partial charge is 0.407 e. The third-order valence-electron chi connectivity index (χ3n) is 3.10. The highest BCUT2D eigenvalue weighted by atomic mass is 16.6. The number of rotatable bonds is 6. The average Bonchev–Trinajstić information content (AvgIpc) is 2.10. The highest BCUT2D eigenvalue weighted by molar-refractivity contribution is 5.71. The molecule has 0 bridgehead atoms. The summed E-state index contributed by atoms with van der Waals surface area (Å²) in [7, 11) is 0. The first-order valence-electron chi connectivity index (χ1n) is 7.15. The van der Waals surface area contributed by atoms with Crippen molar-refractivity contribution in [3.8, 4) is 0 Å². The number of carbonyl (C=O) groups excluding carboxylic acids is 1. The molecule has 0 aliphatic carbocycles. The van der Waals surface area contributed by atoms with E-state index in [1.165, 1.54) is 0 Å². The van der Waals surface area contributed by atoms with E-state index in [0.29, 0.717) is 0 Å². The quantitative estimate of drug-likeness (QED) is 0.786. The van der Waals surface area contributed by atoms with E-state index in [1.807, 2.05) is 27.7 Å². The van der Waals surface area contributed by atoms with E-state index in [2.05, 4.69) is 5.32 Å². The second kappa shape index (κ2) is 7.50. The number of carboxylic acids is 1. The lowest BCUT2D eigenvalue weighted by Crippen LogP contribution is -2.47. The van der Waals surface area contributed by atoms with Gasteiger partial charge in [0.05, 0.1) is 6.42 Å². The second-order valence-electron chi connectivity index (χ2n) is 6.92. The van der Waals surface area contributed by atoms with Crippen LogP contribution in [-0.2, 0) is 9.53 Å². The number of alkyl carbamates (subject to hydrolysis) is 1. The molecule has 1 atom stereocenters. The maximum atomic E-state index is 11.9. The van der Waals surface area contributed by atoms with Crippen LogP contribution in [0.5, 0.6) is 0 Å². The van der Waals surface area contributed by atoms with Gasteiger partial charge in [-0.3, -0.25) is 4.79 Å². The molecule has 5 nitrogen and oxygen atoms in total. The van der Waals surface area contributed by atoms with E-state index in [-0.39, 0.29) is 24.2 Å². The molecule has 20 heavy (non-hydrogen) atoms. The Balaban J connectivity index is 4.96. The lowest BCUT2D eigenvalue weighted by molar-refractivity contribution is -0.138. The largest absolute Gasteiger partial charge is 0.481 e. The van der Waals surface area contributed by atoms with Crippen LogP contribution in [0.25, 0.3) is 0 Å². The summed E-state index contributed by atoms with van der Waals surface area (Å²) in [6.45, 7) is 13.5. The van der Waals surface area contributed by atoms with E-state index in [4.69, 9.17) is 9.84 Å². The molecule has 2 N–H and O–H groups in total. The summed E-state index contributed by atoms with van der Waals surface area (Å²) in [5.41, 5.74) is -0.594. The Morgan fingerprint density at radius 2 is 1.55 bits per heavy atom. The van der Waals surface area contributed by atoms with Gasteiger partial charge in [0.2, 0.25) is 0 Å². The van der Waals surface area contributed by atoms with Crippen molar-refractivity contribution in [1.29, 1.82) is 0 Å². The van der Waals surface area contributed by atoms with Gasteiger partial charge in [0, 0.05) is 6.04 Å². The molecular weight excluding hydrogens is 258 g/mol. The van der Waals surface area contributed by atoms with Crippen LogP contribution in [0.3, 0.4) is 0 Å².